The lowest BCUT2D eigenvalue weighted by molar-refractivity contribution is 0.00522. The second-order valence-corrected chi connectivity index (χ2v) is 5.99. The third-order valence-electron chi connectivity index (χ3n) is 4.29. The fourth-order valence-corrected chi connectivity index (χ4v) is 2.98. The van der Waals surface area contributed by atoms with Crippen molar-refractivity contribution in [3.8, 4) is 0 Å². The highest BCUT2D eigenvalue weighted by atomic mass is 16.3. The molecule has 21 heavy (non-hydrogen) atoms. The zero-order valence-electron chi connectivity index (χ0n) is 12.3. The Labute approximate surface area is 124 Å². The molecule has 5 heteroatoms. The first-order valence-electron chi connectivity index (χ1n) is 7.53. The first-order valence-corrected chi connectivity index (χ1v) is 7.53. The van der Waals surface area contributed by atoms with Gasteiger partial charge in [0.15, 0.2) is 0 Å². The maximum Gasteiger partial charge on any atom is 0.271 e. The van der Waals surface area contributed by atoms with Crippen LogP contribution in [0.2, 0.25) is 0 Å². The molecule has 1 amide bonds. The highest BCUT2D eigenvalue weighted by molar-refractivity contribution is 5.92. The standard InChI is InChI=1S/C16H21N3O2/c1-12-6-5-7-14-18-13(10-19(12)14)15(20)17-11-16(21)8-3-2-4-9-16/h5-7,10,21H,2-4,8-9,11H2,1H3,(H,17,20). The molecule has 0 bridgehead atoms. The SMILES string of the molecule is Cc1cccc2nc(C(=O)NCC3(O)CCCCC3)cn12. The first-order chi connectivity index (χ1) is 10.1. The number of pyridine rings is 1. The van der Waals surface area contributed by atoms with Crippen LogP contribution in [0.4, 0.5) is 0 Å². The lowest BCUT2D eigenvalue weighted by Crippen LogP contribution is -2.44. The van der Waals surface area contributed by atoms with Crippen LogP contribution in [0.5, 0.6) is 0 Å². The summed E-state index contributed by atoms with van der Waals surface area (Å²) in [5.74, 6) is -0.225. The molecule has 0 aromatic carbocycles. The van der Waals surface area contributed by atoms with E-state index in [4.69, 9.17) is 0 Å². The molecule has 0 saturated heterocycles. The predicted octanol–water partition coefficient (Wildman–Crippen LogP) is 2.07. The molecule has 2 aromatic rings. The van der Waals surface area contributed by atoms with Crippen LogP contribution in [0.3, 0.4) is 0 Å². The van der Waals surface area contributed by atoms with Gasteiger partial charge < -0.3 is 14.8 Å². The van der Waals surface area contributed by atoms with Crippen molar-refractivity contribution in [2.24, 2.45) is 0 Å². The average Bonchev–Trinajstić information content (AvgIpc) is 2.91. The largest absolute Gasteiger partial charge is 0.388 e. The van der Waals surface area contributed by atoms with E-state index in [2.05, 4.69) is 10.3 Å². The molecule has 1 fully saturated rings. The van der Waals surface area contributed by atoms with Crippen LogP contribution in [0.1, 0.15) is 48.3 Å². The molecule has 1 aliphatic carbocycles. The zero-order valence-corrected chi connectivity index (χ0v) is 12.3. The molecule has 2 heterocycles. The summed E-state index contributed by atoms with van der Waals surface area (Å²) in [5.41, 5.74) is 1.44. The smallest absolute Gasteiger partial charge is 0.271 e. The van der Waals surface area contributed by atoms with Gasteiger partial charge in [-0.05, 0) is 31.9 Å². The van der Waals surface area contributed by atoms with Gasteiger partial charge in [-0.1, -0.05) is 25.3 Å². The number of carbonyl (C=O) groups excluding carboxylic acids is 1. The van der Waals surface area contributed by atoms with Crippen molar-refractivity contribution in [2.45, 2.75) is 44.6 Å². The summed E-state index contributed by atoms with van der Waals surface area (Å²) in [5, 5.41) is 13.2. The Morgan fingerprint density at radius 1 is 1.38 bits per heavy atom. The van der Waals surface area contributed by atoms with E-state index in [-0.39, 0.29) is 5.91 Å². The summed E-state index contributed by atoms with van der Waals surface area (Å²) in [4.78, 5) is 16.5. The quantitative estimate of drug-likeness (QED) is 0.908. The molecule has 1 saturated carbocycles. The van der Waals surface area contributed by atoms with E-state index in [1.54, 1.807) is 6.20 Å². The number of hydrogen-bond donors (Lipinski definition) is 2. The molecular formula is C16H21N3O2. The van der Waals surface area contributed by atoms with Gasteiger partial charge in [0.25, 0.3) is 5.91 Å². The van der Waals surface area contributed by atoms with Gasteiger partial charge in [0.2, 0.25) is 0 Å². The number of rotatable bonds is 3. The molecule has 0 atom stereocenters. The summed E-state index contributed by atoms with van der Waals surface area (Å²) in [6, 6.07) is 5.77. The van der Waals surface area contributed by atoms with E-state index in [9.17, 15) is 9.90 Å². The van der Waals surface area contributed by atoms with Crippen LogP contribution in [0.15, 0.2) is 24.4 Å². The van der Waals surface area contributed by atoms with Crippen LogP contribution in [0.25, 0.3) is 5.65 Å². The summed E-state index contributed by atoms with van der Waals surface area (Å²) >= 11 is 0. The van der Waals surface area contributed by atoms with Gasteiger partial charge in [0.05, 0.1) is 5.60 Å². The summed E-state index contributed by atoms with van der Waals surface area (Å²) in [6.07, 6.45) is 6.49. The minimum atomic E-state index is -0.747. The first kappa shape index (κ1) is 14.1. The number of nitrogens with one attached hydrogen (secondary N) is 1. The minimum absolute atomic E-state index is 0.225. The second kappa shape index (κ2) is 5.48. The number of imidazole rings is 1. The second-order valence-electron chi connectivity index (χ2n) is 5.99. The fourth-order valence-electron chi connectivity index (χ4n) is 2.98. The number of aromatic nitrogens is 2. The third-order valence-corrected chi connectivity index (χ3v) is 4.29. The average molecular weight is 287 g/mol. The number of nitrogens with zero attached hydrogens (tertiary/aromatic N) is 2. The van der Waals surface area contributed by atoms with Gasteiger partial charge >= 0.3 is 0 Å². The van der Waals surface area contributed by atoms with E-state index < -0.39 is 5.60 Å². The number of aliphatic hydroxyl groups is 1. The van der Waals surface area contributed by atoms with Crippen molar-refractivity contribution in [3.63, 3.8) is 0 Å². The van der Waals surface area contributed by atoms with Gasteiger partial charge in [-0.25, -0.2) is 4.98 Å². The summed E-state index contributed by atoms with van der Waals surface area (Å²) < 4.78 is 1.89. The number of aryl methyl sites for hydroxylation is 1. The normalized spacial score (nSPS) is 17.8. The van der Waals surface area contributed by atoms with E-state index in [0.717, 1.165) is 37.0 Å². The molecule has 2 aromatic heterocycles. The van der Waals surface area contributed by atoms with Crippen molar-refractivity contribution in [1.82, 2.24) is 14.7 Å². The van der Waals surface area contributed by atoms with Crippen LogP contribution in [0, 0.1) is 6.92 Å². The van der Waals surface area contributed by atoms with Crippen molar-refractivity contribution in [2.75, 3.05) is 6.54 Å². The van der Waals surface area contributed by atoms with Gasteiger partial charge in [-0.2, -0.15) is 0 Å². The lowest BCUT2D eigenvalue weighted by atomic mass is 9.85. The minimum Gasteiger partial charge on any atom is -0.388 e. The predicted molar refractivity (Wildman–Crippen MR) is 80.3 cm³/mol. The van der Waals surface area contributed by atoms with Crippen molar-refractivity contribution >= 4 is 11.6 Å². The molecule has 0 spiro atoms. The van der Waals surface area contributed by atoms with E-state index >= 15 is 0 Å². The Morgan fingerprint density at radius 2 is 2.14 bits per heavy atom. The third kappa shape index (κ3) is 2.93. The molecule has 2 N–H and O–H groups in total. The van der Waals surface area contributed by atoms with Crippen LogP contribution in [-0.2, 0) is 0 Å². The fraction of sp³-hybridized carbons (Fsp3) is 0.500. The molecule has 0 radical (unpaired) electrons. The molecule has 0 aliphatic heterocycles. The van der Waals surface area contributed by atoms with Crippen molar-refractivity contribution in [1.29, 1.82) is 0 Å². The highest BCUT2D eigenvalue weighted by Crippen LogP contribution is 2.27. The number of fused-ring (bicyclic) bond motifs is 1. The number of carbonyl (C=O) groups is 1. The topological polar surface area (TPSA) is 66.6 Å². The molecule has 3 rings (SSSR count). The number of amides is 1. The van der Waals surface area contributed by atoms with Crippen LogP contribution in [-0.4, -0.2) is 32.5 Å². The number of hydrogen-bond acceptors (Lipinski definition) is 3. The molecule has 0 unspecified atom stereocenters. The Bertz CT molecular complexity index is 657. The zero-order chi connectivity index (χ0) is 14.9. The van der Waals surface area contributed by atoms with Gasteiger partial charge in [0.1, 0.15) is 11.3 Å². The van der Waals surface area contributed by atoms with E-state index in [1.807, 2.05) is 29.5 Å². The van der Waals surface area contributed by atoms with Gasteiger partial charge in [-0.15, -0.1) is 0 Å². The summed E-state index contributed by atoms with van der Waals surface area (Å²) in [7, 11) is 0. The van der Waals surface area contributed by atoms with Gasteiger partial charge in [-0.3, -0.25) is 4.79 Å². The Morgan fingerprint density at radius 3 is 2.86 bits per heavy atom. The van der Waals surface area contributed by atoms with E-state index in [1.165, 1.54) is 6.42 Å². The van der Waals surface area contributed by atoms with Crippen LogP contribution < -0.4 is 5.32 Å². The Balaban J connectivity index is 1.70. The Hall–Kier alpha value is -1.88. The maximum atomic E-state index is 12.2. The molecule has 5 nitrogen and oxygen atoms in total. The Kier molecular flexibility index (Phi) is 3.68. The maximum absolute atomic E-state index is 12.2. The van der Waals surface area contributed by atoms with Crippen LogP contribution >= 0.6 is 0 Å². The molecular weight excluding hydrogens is 266 g/mol. The molecule has 112 valence electrons. The van der Waals surface area contributed by atoms with E-state index in [0.29, 0.717) is 12.2 Å². The van der Waals surface area contributed by atoms with Gasteiger partial charge in [0, 0.05) is 18.4 Å². The van der Waals surface area contributed by atoms with Crippen molar-refractivity contribution < 1.29 is 9.90 Å². The monoisotopic (exact) mass is 287 g/mol. The molecule has 1 aliphatic rings. The lowest BCUT2D eigenvalue weighted by Gasteiger charge is -2.31. The van der Waals surface area contributed by atoms with Crippen molar-refractivity contribution in [3.05, 3.63) is 35.8 Å². The summed E-state index contributed by atoms with van der Waals surface area (Å²) in [6.45, 7) is 2.28. The highest BCUT2D eigenvalue weighted by Gasteiger charge is 2.29.